The van der Waals surface area contributed by atoms with Gasteiger partial charge in [0.15, 0.2) is 5.69 Å². The predicted octanol–water partition coefficient (Wildman–Crippen LogP) is 6.77. The SMILES string of the molecule is CC1(CNC(=O)c2nn(-c3cc(C(C)(C)C)nc(C(C)(C)C)c3)c(CC3CCCCC3)c2C(F)(F)F)COC1. The Hall–Kier alpha value is -2.42. The fourth-order valence-corrected chi connectivity index (χ4v) is 5.31. The predicted molar refractivity (Wildman–Crippen MR) is 145 cm³/mol. The Kier molecular flexibility index (Phi) is 7.98. The van der Waals surface area contributed by atoms with Crippen molar-refractivity contribution in [2.75, 3.05) is 19.8 Å². The topological polar surface area (TPSA) is 69.0 Å². The van der Waals surface area contributed by atoms with E-state index in [9.17, 15) is 18.0 Å². The van der Waals surface area contributed by atoms with Gasteiger partial charge in [0.05, 0.1) is 24.6 Å². The van der Waals surface area contributed by atoms with Crippen LogP contribution in [0.1, 0.15) is 114 Å². The van der Waals surface area contributed by atoms with Crippen LogP contribution < -0.4 is 5.32 Å². The number of carbonyl (C=O) groups excluding carboxylic acids is 1. The standard InChI is InChI=1S/C30H43F3N4O2/c1-27(2,3)22-14-20(15-23(35-22)28(4,5)6)37-21(13-19-11-9-8-10-12-19)24(30(31,32)33)25(36-37)26(38)34-16-29(7)17-39-18-29/h14-15,19H,8-13,16-18H2,1-7H3,(H,34,38). The third-order valence-corrected chi connectivity index (χ3v) is 7.85. The maximum atomic E-state index is 14.8. The van der Waals surface area contributed by atoms with Crippen molar-refractivity contribution in [2.45, 2.75) is 104 Å². The van der Waals surface area contributed by atoms with Crippen LogP contribution in [0.2, 0.25) is 0 Å². The average molecular weight is 549 g/mol. The van der Waals surface area contributed by atoms with Gasteiger partial charge in [-0.25, -0.2) is 4.68 Å². The minimum absolute atomic E-state index is 0.0589. The van der Waals surface area contributed by atoms with E-state index >= 15 is 0 Å². The molecule has 0 unspecified atom stereocenters. The Balaban J connectivity index is 1.89. The largest absolute Gasteiger partial charge is 0.420 e. The molecule has 6 nitrogen and oxygen atoms in total. The van der Waals surface area contributed by atoms with Crippen molar-refractivity contribution in [1.29, 1.82) is 0 Å². The van der Waals surface area contributed by atoms with Gasteiger partial charge >= 0.3 is 6.18 Å². The first-order valence-corrected chi connectivity index (χ1v) is 14.1. The van der Waals surface area contributed by atoms with Crippen LogP contribution in [0.15, 0.2) is 12.1 Å². The molecule has 9 heteroatoms. The molecule has 2 aromatic heterocycles. The number of aromatic nitrogens is 3. The molecule has 2 aromatic rings. The molecule has 1 aliphatic carbocycles. The summed E-state index contributed by atoms with van der Waals surface area (Å²) in [6.45, 7) is 15.3. The highest BCUT2D eigenvalue weighted by Crippen LogP contribution is 2.40. The van der Waals surface area contributed by atoms with Gasteiger partial charge in [-0.05, 0) is 24.5 Å². The molecule has 1 amide bonds. The normalized spacial score (nSPS) is 18.6. The van der Waals surface area contributed by atoms with Crippen LogP contribution in [0, 0.1) is 11.3 Å². The molecule has 39 heavy (non-hydrogen) atoms. The molecule has 4 rings (SSSR count). The number of hydrogen-bond donors (Lipinski definition) is 1. The third kappa shape index (κ3) is 6.67. The first kappa shape index (κ1) is 29.6. The number of alkyl halides is 3. The summed E-state index contributed by atoms with van der Waals surface area (Å²) in [5.74, 6) is -0.691. The summed E-state index contributed by atoms with van der Waals surface area (Å²) >= 11 is 0. The van der Waals surface area contributed by atoms with E-state index in [-0.39, 0.29) is 40.8 Å². The third-order valence-electron chi connectivity index (χ3n) is 7.85. The number of pyridine rings is 1. The van der Waals surface area contributed by atoms with Gasteiger partial charge in [0, 0.05) is 34.2 Å². The summed E-state index contributed by atoms with van der Waals surface area (Å²) in [7, 11) is 0. The summed E-state index contributed by atoms with van der Waals surface area (Å²) in [5, 5.41) is 7.14. The van der Waals surface area contributed by atoms with Crippen molar-refractivity contribution in [3.63, 3.8) is 0 Å². The van der Waals surface area contributed by atoms with Gasteiger partial charge in [0.2, 0.25) is 0 Å². The number of hydrogen-bond acceptors (Lipinski definition) is 4. The van der Waals surface area contributed by atoms with Crippen molar-refractivity contribution >= 4 is 5.91 Å². The van der Waals surface area contributed by atoms with E-state index < -0.39 is 23.3 Å². The summed E-state index contributed by atoms with van der Waals surface area (Å²) in [4.78, 5) is 18.2. The van der Waals surface area contributed by atoms with Crippen molar-refractivity contribution in [2.24, 2.45) is 11.3 Å². The van der Waals surface area contributed by atoms with Gasteiger partial charge in [-0.15, -0.1) is 0 Å². The Bertz CT molecular complexity index is 1160. The first-order chi connectivity index (χ1) is 18.0. The lowest BCUT2D eigenvalue weighted by Crippen LogP contribution is -2.48. The minimum Gasteiger partial charge on any atom is -0.380 e. The smallest absolute Gasteiger partial charge is 0.380 e. The zero-order valence-corrected chi connectivity index (χ0v) is 24.4. The van der Waals surface area contributed by atoms with Crippen LogP contribution in [0.3, 0.4) is 0 Å². The number of amides is 1. The second-order valence-corrected chi connectivity index (χ2v) is 13.9. The zero-order chi connectivity index (χ0) is 28.8. The Morgan fingerprint density at radius 3 is 2.05 bits per heavy atom. The van der Waals surface area contributed by atoms with E-state index in [1.807, 2.05) is 60.6 Å². The Morgan fingerprint density at radius 1 is 1.03 bits per heavy atom. The van der Waals surface area contributed by atoms with Crippen molar-refractivity contribution in [3.8, 4) is 5.69 Å². The molecule has 2 aliphatic rings. The lowest BCUT2D eigenvalue weighted by molar-refractivity contribution is -0.138. The number of ether oxygens (including phenoxy) is 1. The van der Waals surface area contributed by atoms with Gasteiger partial charge in [-0.2, -0.15) is 18.3 Å². The minimum atomic E-state index is -4.73. The maximum Gasteiger partial charge on any atom is 0.420 e. The van der Waals surface area contributed by atoms with E-state index in [0.717, 1.165) is 43.5 Å². The van der Waals surface area contributed by atoms with E-state index in [1.165, 1.54) is 4.68 Å². The quantitative estimate of drug-likeness (QED) is 0.433. The van der Waals surface area contributed by atoms with Crippen LogP contribution in [-0.4, -0.2) is 40.4 Å². The van der Waals surface area contributed by atoms with Crippen molar-refractivity contribution in [3.05, 3.63) is 40.5 Å². The van der Waals surface area contributed by atoms with Crippen LogP contribution in [0.5, 0.6) is 0 Å². The number of carbonyl (C=O) groups is 1. The molecule has 1 saturated carbocycles. The highest BCUT2D eigenvalue weighted by Gasteiger charge is 2.43. The fourth-order valence-electron chi connectivity index (χ4n) is 5.31. The van der Waals surface area contributed by atoms with Crippen LogP contribution >= 0.6 is 0 Å². The number of nitrogens with one attached hydrogen (secondary N) is 1. The second kappa shape index (κ2) is 10.5. The molecule has 1 aliphatic heterocycles. The maximum absolute atomic E-state index is 14.8. The molecule has 0 aromatic carbocycles. The fraction of sp³-hybridized carbons (Fsp3) is 0.700. The van der Waals surface area contributed by atoms with Gasteiger partial charge < -0.3 is 10.1 Å². The van der Waals surface area contributed by atoms with Crippen molar-refractivity contribution in [1.82, 2.24) is 20.1 Å². The van der Waals surface area contributed by atoms with Crippen LogP contribution in [0.25, 0.3) is 5.69 Å². The molecule has 0 radical (unpaired) electrons. The van der Waals surface area contributed by atoms with Gasteiger partial charge in [-0.1, -0.05) is 80.6 Å². The number of rotatable bonds is 6. The van der Waals surface area contributed by atoms with Crippen LogP contribution in [-0.2, 0) is 28.2 Å². The zero-order valence-electron chi connectivity index (χ0n) is 24.4. The van der Waals surface area contributed by atoms with Gasteiger partial charge in [0.1, 0.15) is 5.56 Å². The van der Waals surface area contributed by atoms with Gasteiger partial charge in [0.25, 0.3) is 5.91 Å². The molecule has 0 spiro atoms. The highest BCUT2D eigenvalue weighted by atomic mass is 19.4. The van der Waals surface area contributed by atoms with E-state index in [0.29, 0.717) is 18.9 Å². The molecule has 0 bridgehead atoms. The first-order valence-electron chi connectivity index (χ1n) is 14.1. The Labute approximate surface area is 230 Å². The van der Waals surface area contributed by atoms with E-state index in [4.69, 9.17) is 9.72 Å². The monoisotopic (exact) mass is 548 g/mol. The molecule has 1 saturated heterocycles. The molecule has 3 heterocycles. The van der Waals surface area contributed by atoms with Crippen molar-refractivity contribution < 1.29 is 22.7 Å². The summed E-state index contributed by atoms with van der Waals surface area (Å²) < 4.78 is 50.9. The van der Waals surface area contributed by atoms with E-state index in [1.54, 1.807) is 0 Å². The summed E-state index contributed by atoms with van der Waals surface area (Å²) in [5.41, 5.74) is -0.340. The molecule has 1 N–H and O–H groups in total. The highest BCUT2D eigenvalue weighted by molar-refractivity contribution is 5.94. The summed E-state index contributed by atoms with van der Waals surface area (Å²) in [6.07, 6.45) is 0.353. The Morgan fingerprint density at radius 2 is 1.59 bits per heavy atom. The molecular weight excluding hydrogens is 505 g/mol. The average Bonchev–Trinajstić information content (AvgIpc) is 3.20. The summed E-state index contributed by atoms with van der Waals surface area (Å²) in [6, 6.07) is 3.64. The number of halogens is 3. The van der Waals surface area contributed by atoms with E-state index in [2.05, 4.69) is 10.4 Å². The molecular formula is C30H43F3N4O2. The lowest BCUT2D eigenvalue weighted by Gasteiger charge is -2.37. The molecule has 0 atom stereocenters. The molecule has 216 valence electrons. The molecule has 2 fully saturated rings. The van der Waals surface area contributed by atoms with Gasteiger partial charge in [-0.3, -0.25) is 9.78 Å². The number of nitrogens with zero attached hydrogens (tertiary/aromatic N) is 3. The van der Waals surface area contributed by atoms with Crippen LogP contribution in [0.4, 0.5) is 13.2 Å². The lowest BCUT2D eigenvalue weighted by atomic mass is 9.85. The second-order valence-electron chi connectivity index (χ2n) is 13.9.